The van der Waals surface area contributed by atoms with Gasteiger partial charge < -0.3 is 20.3 Å². The van der Waals surface area contributed by atoms with Crippen LogP contribution in [0.2, 0.25) is 0 Å². The first-order chi connectivity index (χ1) is 13.3. The second-order valence-electron chi connectivity index (χ2n) is 6.51. The number of rotatable bonds is 5. The smallest absolute Gasteiger partial charge is 0.314 e. The van der Waals surface area contributed by atoms with Gasteiger partial charge in [0.15, 0.2) is 5.75 Å². The number of nitrogens with zero attached hydrogens (tertiary/aromatic N) is 3. The van der Waals surface area contributed by atoms with Gasteiger partial charge in [0.1, 0.15) is 11.6 Å². The number of phenolic OH excluding ortho intramolecular Hbond substituents is 1. The van der Waals surface area contributed by atoms with E-state index in [4.69, 9.17) is 15.2 Å². The zero-order valence-corrected chi connectivity index (χ0v) is 15.5. The summed E-state index contributed by atoms with van der Waals surface area (Å²) in [6.07, 6.45) is 0. The van der Waals surface area contributed by atoms with Crippen LogP contribution in [0.25, 0.3) is 0 Å². The van der Waals surface area contributed by atoms with Crippen LogP contribution in [-0.4, -0.2) is 26.8 Å². The Morgan fingerprint density at radius 1 is 1.54 bits per heavy atom. The molecule has 2 aromatic rings. The fraction of sp³-hybridized carbons (Fsp3) is 0.333. The SMILES string of the molecule is CCOc1cc([C@H]2C(C#N)=C(N)Oc3n[nH]c(C(C)C)c32)cc([N+](=O)[O-])c1O. The molecular formula is C18H19N5O5. The standard InChI is InChI=1S/C18H19N5O5/c1-4-27-12-6-9(5-11(16(12)24)23(25)26)13-10(7-19)17(20)28-18-14(13)15(8(2)3)21-22-18/h5-6,8,13,24H,4,20H2,1-3H3,(H,21,22)/t13-/m0/s1. The number of fused-ring (bicyclic) bond motifs is 1. The molecule has 0 spiro atoms. The first-order valence-corrected chi connectivity index (χ1v) is 8.59. The van der Waals surface area contributed by atoms with Gasteiger partial charge in [0.2, 0.25) is 17.5 Å². The molecule has 1 aliphatic rings. The number of nitrogens with one attached hydrogen (secondary N) is 1. The fourth-order valence-electron chi connectivity index (χ4n) is 3.23. The highest BCUT2D eigenvalue weighted by molar-refractivity contribution is 5.63. The summed E-state index contributed by atoms with van der Waals surface area (Å²) in [6.45, 7) is 5.75. The first-order valence-electron chi connectivity index (χ1n) is 8.59. The van der Waals surface area contributed by atoms with Crippen LogP contribution in [0.15, 0.2) is 23.6 Å². The van der Waals surface area contributed by atoms with E-state index in [1.165, 1.54) is 12.1 Å². The molecule has 0 saturated carbocycles. The number of aromatic hydroxyl groups is 1. The zero-order chi connectivity index (χ0) is 20.6. The predicted molar refractivity (Wildman–Crippen MR) is 97.9 cm³/mol. The Morgan fingerprint density at radius 2 is 2.25 bits per heavy atom. The Bertz CT molecular complexity index is 1020. The van der Waals surface area contributed by atoms with Gasteiger partial charge in [-0.2, -0.15) is 5.26 Å². The van der Waals surface area contributed by atoms with Gasteiger partial charge in [0, 0.05) is 11.8 Å². The van der Waals surface area contributed by atoms with E-state index in [1.807, 2.05) is 19.9 Å². The van der Waals surface area contributed by atoms with Crippen molar-refractivity contribution in [2.24, 2.45) is 5.73 Å². The van der Waals surface area contributed by atoms with Crippen LogP contribution in [-0.2, 0) is 0 Å². The highest BCUT2D eigenvalue weighted by Crippen LogP contribution is 2.48. The molecule has 10 nitrogen and oxygen atoms in total. The molecule has 28 heavy (non-hydrogen) atoms. The number of nitro benzene ring substituents is 1. The summed E-state index contributed by atoms with van der Waals surface area (Å²) in [4.78, 5) is 10.7. The van der Waals surface area contributed by atoms with Crippen LogP contribution in [0, 0.1) is 21.4 Å². The van der Waals surface area contributed by atoms with Gasteiger partial charge in [-0.25, -0.2) is 0 Å². The Balaban J connectivity index is 2.32. The average Bonchev–Trinajstić information content (AvgIpc) is 3.05. The van der Waals surface area contributed by atoms with Gasteiger partial charge in [-0.05, 0) is 24.5 Å². The third kappa shape index (κ3) is 2.96. The number of phenols is 1. The minimum atomic E-state index is -0.761. The third-order valence-corrected chi connectivity index (χ3v) is 4.45. The lowest BCUT2D eigenvalue weighted by atomic mass is 9.82. The summed E-state index contributed by atoms with van der Waals surface area (Å²) < 4.78 is 10.8. The number of nitro groups is 1. The Labute approximate surface area is 160 Å². The summed E-state index contributed by atoms with van der Waals surface area (Å²) in [6, 6.07) is 4.70. The Hall–Kier alpha value is -3.74. The van der Waals surface area contributed by atoms with Crippen LogP contribution in [0.4, 0.5) is 5.69 Å². The molecule has 146 valence electrons. The highest BCUT2D eigenvalue weighted by atomic mass is 16.6. The molecular weight excluding hydrogens is 366 g/mol. The van der Waals surface area contributed by atoms with Gasteiger partial charge in [-0.3, -0.25) is 15.2 Å². The number of aromatic amines is 1. The van der Waals surface area contributed by atoms with Crippen molar-refractivity contribution >= 4 is 5.69 Å². The quantitative estimate of drug-likeness (QED) is 0.523. The Kier molecular flexibility index (Phi) is 4.83. The third-order valence-electron chi connectivity index (χ3n) is 4.45. The normalized spacial score (nSPS) is 15.8. The van der Waals surface area contributed by atoms with Crippen molar-refractivity contribution in [2.45, 2.75) is 32.6 Å². The number of allylic oxidation sites excluding steroid dienone is 1. The van der Waals surface area contributed by atoms with E-state index in [9.17, 15) is 20.5 Å². The van der Waals surface area contributed by atoms with E-state index in [1.54, 1.807) is 6.92 Å². The lowest BCUT2D eigenvalue weighted by molar-refractivity contribution is -0.386. The maximum atomic E-state index is 11.4. The number of hydrogen-bond acceptors (Lipinski definition) is 8. The number of aromatic nitrogens is 2. The summed E-state index contributed by atoms with van der Waals surface area (Å²) in [5.74, 6) is -1.29. The van der Waals surface area contributed by atoms with E-state index in [2.05, 4.69) is 10.2 Å². The van der Waals surface area contributed by atoms with Crippen molar-refractivity contribution < 1.29 is 19.5 Å². The van der Waals surface area contributed by atoms with Crippen molar-refractivity contribution in [1.82, 2.24) is 10.2 Å². The molecule has 0 aliphatic carbocycles. The molecule has 1 aliphatic heterocycles. The number of nitriles is 1. The molecule has 0 saturated heterocycles. The molecule has 1 aromatic carbocycles. The van der Waals surface area contributed by atoms with E-state index < -0.39 is 22.3 Å². The van der Waals surface area contributed by atoms with Crippen LogP contribution in [0.1, 0.15) is 49.4 Å². The molecule has 0 unspecified atom stereocenters. The molecule has 0 fully saturated rings. The van der Waals surface area contributed by atoms with Crippen LogP contribution >= 0.6 is 0 Å². The molecule has 4 N–H and O–H groups in total. The molecule has 1 aromatic heterocycles. The average molecular weight is 385 g/mol. The van der Waals surface area contributed by atoms with Crippen molar-refractivity contribution in [3.63, 3.8) is 0 Å². The number of H-pyrrole nitrogens is 1. The fourth-order valence-corrected chi connectivity index (χ4v) is 3.23. The molecule has 0 radical (unpaired) electrons. The molecule has 2 heterocycles. The largest absolute Gasteiger partial charge is 0.500 e. The second-order valence-corrected chi connectivity index (χ2v) is 6.51. The van der Waals surface area contributed by atoms with Gasteiger partial charge >= 0.3 is 5.69 Å². The van der Waals surface area contributed by atoms with E-state index in [0.29, 0.717) is 16.8 Å². The molecule has 0 bridgehead atoms. The van der Waals surface area contributed by atoms with E-state index in [-0.39, 0.29) is 35.6 Å². The van der Waals surface area contributed by atoms with Gasteiger partial charge in [-0.15, -0.1) is 5.10 Å². The second kappa shape index (κ2) is 7.11. The van der Waals surface area contributed by atoms with Gasteiger partial charge in [0.05, 0.1) is 23.0 Å². The van der Waals surface area contributed by atoms with E-state index in [0.717, 1.165) is 0 Å². The summed E-state index contributed by atoms with van der Waals surface area (Å²) in [7, 11) is 0. The maximum absolute atomic E-state index is 11.4. The van der Waals surface area contributed by atoms with Crippen LogP contribution in [0.3, 0.4) is 0 Å². The zero-order valence-electron chi connectivity index (χ0n) is 15.5. The van der Waals surface area contributed by atoms with Crippen molar-refractivity contribution in [1.29, 1.82) is 5.26 Å². The minimum Gasteiger partial charge on any atom is -0.500 e. The summed E-state index contributed by atoms with van der Waals surface area (Å²) >= 11 is 0. The van der Waals surface area contributed by atoms with Gasteiger partial charge in [-0.1, -0.05) is 13.8 Å². The van der Waals surface area contributed by atoms with E-state index >= 15 is 0 Å². The van der Waals surface area contributed by atoms with Gasteiger partial charge in [0.25, 0.3) is 0 Å². The predicted octanol–water partition coefficient (Wildman–Crippen LogP) is 2.76. The number of benzene rings is 1. The minimum absolute atomic E-state index is 0.0140. The van der Waals surface area contributed by atoms with Crippen molar-refractivity contribution in [2.75, 3.05) is 6.61 Å². The lowest BCUT2D eigenvalue weighted by Crippen LogP contribution is -2.21. The van der Waals surface area contributed by atoms with Crippen LogP contribution in [0.5, 0.6) is 17.4 Å². The monoisotopic (exact) mass is 385 g/mol. The Morgan fingerprint density at radius 3 is 2.82 bits per heavy atom. The highest BCUT2D eigenvalue weighted by Gasteiger charge is 2.37. The summed E-state index contributed by atoms with van der Waals surface area (Å²) in [5, 5.41) is 38.3. The lowest BCUT2D eigenvalue weighted by Gasteiger charge is -2.25. The summed E-state index contributed by atoms with van der Waals surface area (Å²) in [5.41, 5.74) is 7.13. The molecule has 1 atom stereocenters. The maximum Gasteiger partial charge on any atom is 0.314 e. The number of ether oxygens (including phenoxy) is 2. The first kappa shape index (κ1) is 19.0. The van der Waals surface area contributed by atoms with Crippen molar-refractivity contribution in [3.05, 3.63) is 50.5 Å². The number of hydrogen-bond donors (Lipinski definition) is 3. The number of nitrogens with two attached hydrogens (primary N) is 1. The molecule has 3 rings (SSSR count). The van der Waals surface area contributed by atoms with Crippen LogP contribution < -0.4 is 15.2 Å². The van der Waals surface area contributed by atoms with Crippen molar-refractivity contribution in [3.8, 4) is 23.4 Å². The topological polar surface area (TPSA) is 160 Å². The molecule has 0 amide bonds. The molecule has 10 heteroatoms.